The fraction of sp³-hybridized carbons (Fsp3) is 0.576. The first-order valence-electron chi connectivity index (χ1n) is 15.7. The van der Waals surface area contributed by atoms with E-state index < -0.39 is 35.1 Å². The van der Waals surface area contributed by atoms with Crippen LogP contribution in [-0.4, -0.2) is 81.0 Å². The number of benzene rings is 1. The molecule has 0 aliphatic carbocycles. The molecule has 0 radical (unpaired) electrons. The number of hydrogen-bond donors (Lipinski definition) is 1. The summed E-state index contributed by atoms with van der Waals surface area (Å²) in [7, 11) is 1.56. The number of hydrogen-bond acceptors (Lipinski definition) is 11. The molecule has 3 aromatic rings. The zero-order valence-corrected chi connectivity index (χ0v) is 31.2. The van der Waals surface area contributed by atoms with Crippen molar-refractivity contribution in [1.29, 1.82) is 0 Å². The minimum atomic E-state index is -0.987. The normalized spacial score (nSPS) is 12.7. The van der Waals surface area contributed by atoms with Gasteiger partial charge in [0, 0.05) is 12.7 Å². The second-order valence-electron chi connectivity index (χ2n) is 14.2. The van der Waals surface area contributed by atoms with E-state index in [0.29, 0.717) is 52.9 Å². The summed E-state index contributed by atoms with van der Waals surface area (Å²) in [6.45, 7) is 16.1. The van der Waals surface area contributed by atoms with E-state index in [1.807, 2.05) is 0 Å². The van der Waals surface area contributed by atoms with Crippen molar-refractivity contribution in [2.24, 2.45) is 0 Å². The second-order valence-corrected chi connectivity index (χ2v) is 15.0. The van der Waals surface area contributed by atoms with Crippen molar-refractivity contribution in [2.75, 3.05) is 25.2 Å². The Hall–Kier alpha value is -3.88. The van der Waals surface area contributed by atoms with Gasteiger partial charge in [0.1, 0.15) is 28.9 Å². The van der Waals surface area contributed by atoms with Crippen LogP contribution in [0.2, 0.25) is 10.0 Å². The number of carbonyl (C=O) groups is 3. The van der Waals surface area contributed by atoms with E-state index in [4.69, 9.17) is 46.9 Å². The molecule has 0 aliphatic rings. The van der Waals surface area contributed by atoms with Crippen LogP contribution in [0.5, 0.6) is 5.75 Å². The Morgan fingerprint density at radius 3 is 2.08 bits per heavy atom. The van der Waals surface area contributed by atoms with Crippen LogP contribution in [0.3, 0.4) is 0 Å². The SMILES string of the molecule is COC[C@@H](CCCOc1ccc(Cl)c(Cl)c1Cn1cnc2c(N(C(=O)OC(C)(C)C)C(=O)OC(C)(C)C)ncnc21)NC(=O)OC(C)(C)C. The minimum absolute atomic E-state index is 0.118. The Labute approximate surface area is 296 Å². The monoisotopic (exact) mass is 724 g/mol. The number of imidazole rings is 1. The Kier molecular flexibility index (Phi) is 13.1. The maximum atomic E-state index is 13.3. The Morgan fingerprint density at radius 2 is 1.51 bits per heavy atom. The lowest BCUT2D eigenvalue weighted by Crippen LogP contribution is -2.44. The molecule has 0 fully saturated rings. The molecule has 2 heterocycles. The molecule has 3 rings (SSSR count). The highest BCUT2D eigenvalue weighted by atomic mass is 35.5. The first-order valence-corrected chi connectivity index (χ1v) is 16.4. The number of rotatable bonds is 11. The third-order valence-electron chi connectivity index (χ3n) is 6.27. The number of methoxy groups -OCH3 is 1. The molecule has 2 aromatic heterocycles. The lowest BCUT2D eigenvalue weighted by Gasteiger charge is -2.28. The van der Waals surface area contributed by atoms with Crippen molar-refractivity contribution in [3.63, 3.8) is 0 Å². The van der Waals surface area contributed by atoms with Crippen molar-refractivity contribution >= 4 is 58.5 Å². The molecule has 0 saturated carbocycles. The summed E-state index contributed by atoms with van der Waals surface area (Å²) in [4.78, 5) is 52.6. The molecule has 3 amide bonds. The molecule has 1 N–H and O–H groups in total. The van der Waals surface area contributed by atoms with E-state index in [1.54, 1.807) is 86.1 Å². The molecule has 1 atom stereocenters. The minimum Gasteiger partial charge on any atom is -0.493 e. The van der Waals surface area contributed by atoms with Crippen LogP contribution in [0.25, 0.3) is 11.2 Å². The number of nitrogens with zero attached hydrogens (tertiary/aromatic N) is 5. The Balaban J connectivity index is 1.86. The van der Waals surface area contributed by atoms with Gasteiger partial charge in [-0.2, -0.15) is 4.90 Å². The zero-order chi connectivity index (χ0) is 36.7. The van der Waals surface area contributed by atoms with E-state index >= 15 is 0 Å². The van der Waals surface area contributed by atoms with Gasteiger partial charge in [-0.15, -0.1) is 0 Å². The summed E-state index contributed by atoms with van der Waals surface area (Å²) in [6.07, 6.45) is 1.31. The molecule has 1 aromatic carbocycles. The second kappa shape index (κ2) is 16.2. The Bertz CT molecular complexity index is 1600. The summed E-state index contributed by atoms with van der Waals surface area (Å²) in [5, 5.41) is 3.41. The van der Waals surface area contributed by atoms with E-state index in [1.165, 1.54) is 12.7 Å². The van der Waals surface area contributed by atoms with Crippen molar-refractivity contribution in [2.45, 2.75) is 105 Å². The largest absolute Gasteiger partial charge is 0.493 e. The van der Waals surface area contributed by atoms with Crippen LogP contribution in [0, 0.1) is 0 Å². The van der Waals surface area contributed by atoms with Gasteiger partial charge in [-0.25, -0.2) is 29.3 Å². The fourth-order valence-electron chi connectivity index (χ4n) is 4.42. The highest BCUT2D eigenvalue weighted by molar-refractivity contribution is 6.42. The molecule has 14 nitrogen and oxygen atoms in total. The van der Waals surface area contributed by atoms with Gasteiger partial charge in [0.15, 0.2) is 17.0 Å². The molecule has 0 bridgehead atoms. The lowest BCUT2D eigenvalue weighted by atomic mass is 10.1. The third kappa shape index (κ3) is 11.9. The number of fused-ring (bicyclic) bond motifs is 1. The molecule has 16 heteroatoms. The average Bonchev–Trinajstić information content (AvgIpc) is 3.35. The molecule has 0 saturated heterocycles. The molecule has 0 aliphatic heterocycles. The zero-order valence-electron chi connectivity index (χ0n) is 29.7. The van der Waals surface area contributed by atoms with Crippen LogP contribution >= 0.6 is 23.2 Å². The maximum absolute atomic E-state index is 13.3. The Morgan fingerprint density at radius 1 is 0.898 bits per heavy atom. The van der Waals surface area contributed by atoms with E-state index in [2.05, 4.69) is 20.3 Å². The van der Waals surface area contributed by atoms with Gasteiger partial charge >= 0.3 is 18.3 Å². The fourth-order valence-corrected chi connectivity index (χ4v) is 4.82. The molecule has 270 valence electrons. The van der Waals surface area contributed by atoms with Gasteiger partial charge in [0.2, 0.25) is 0 Å². The van der Waals surface area contributed by atoms with E-state index in [-0.39, 0.29) is 28.9 Å². The number of aromatic nitrogens is 4. The predicted molar refractivity (Wildman–Crippen MR) is 186 cm³/mol. The average molecular weight is 726 g/mol. The summed E-state index contributed by atoms with van der Waals surface area (Å²) in [6, 6.07) is 3.05. The molecule has 0 unspecified atom stereocenters. The number of alkyl carbamates (subject to hydrolysis) is 1. The molecule has 49 heavy (non-hydrogen) atoms. The summed E-state index contributed by atoms with van der Waals surface area (Å²) in [5.41, 5.74) is -1.48. The van der Waals surface area contributed by atoms with Gasteiger partial charge < -0.3 is 33.6 Å². The number of halogens is 2. The maximum Gasteiger partial charge on any atom is 0.425 e. The molecule has 0 spiro atoms. The third-order valence-corrected chi connectivity index (χ3v) is 7.11. The van der Waals surface area contributed by atoms with Gasteiger partial charge in [-0.3, -0.25) is 0 Å². The van der Waals surface area contributed by atoms with Crippen molar-refractivity contribution < 1.29 is 38.1 Å². The number of carbonyl (C=O) groups excluding carboxylic acids is 3. The first kappa shape index (κ1) is 39.6. The van der Waals surface area contributed by atoms with Gasteiger partial charge in [0.25, 0.3) is 0 Å². The summed E-state index contributed by atoms with van der Waals surface area (Å²) < 4.78 is 29.4. The van der Waals surface area contributed by atoms with Crippen molar-refractivity contribution in [1.82, 2.24) is 24.8 Å². The van der Waals surface area contributed by atoms with Gasteiger partial charge in [0.05, 0.1) is 42.2 Å². The quantitative estimate of drug-likeness (QED) is 0.154. The van der Waals surface area contributed by atoms with Crippen molar-refractivity contribution in [3.05, 3.63) is 40.4 Å². The van der Waals surface area contributed by atoms with Gasteiger partial charge in [-0.05, 0) is 87.3 Å². The molecular weight excluding hydrogens is 679 g/mol. The van der Waals surface area contributed by atoms with E-state index in [9.17, 15) is 14.4 Å². The number of anilines is 1. The number of nitrogens with one attached hydrogen (secondary N) is 1. The first-order chi connectivity index (χ1) is 22.7. The number of imide groups is 1. The predicted octanol–water partition coefficient (Wildman–Crippen LogP) is 7.56. The van der Waals surface area contributed by atoms with Crippen LogP contribution in [0.1, 0.15) is 80.7 Å². The number of amides is 3. The van der Waals surface area contributed by atoms with Crippen LogP contribution < -0.4 is 15.0 Å². The standard InChI is InChI=1S/C33H46Cl2N6O8/c1-31(2,3)47-28(42)39-20(17-45-10)12-11-15-46-23-14-13-22(34)24(35)21(23)16-40-19-38-25-26(40)36-18-37-27(25)41(29(43)48-32(4,5)6)30(44)49-33(7,8)9/h13-14,18-20H,11-12,15-17H2,1-10H3,(H,39,42)/t20-/m1/s1. The van der Waals surface area contributed by atoms with Crippen LogP contribution in [-0.2, 0) is 25.5 Å². The van der Waals surface area contributed by atoms with Crippen molar-refractivity contribution in [3.8, 4) is 5.75 Å². The smallest absolute Gasteiger partial charge is 0.425 e. The molecular formula is C33H46Cl2N6O8. The number of ether oxygens (including phenoxy) is 5. The highest BCUT2D eigenvalue weighted by Gasteiger charge is 2.35. The topological polar surface area (TPSA) is 156 Å². The lowest BCUT2D eigenvalue weighted by molar-refractivity contribution is 0.0423. The van der Waals surface area contributed by atoms with E-state index in [0.717, 1.165) is 0 Å². The van der Waals surface area contributed by atoms with Crippen LogP contribution in [0.15, 0.2) is 24.8 Å². The van der Waals surface area contributed by atoms with Gasteiger partial charge in [-0.1, -0.05) is 23.2 Å². The highest BCUT2D eigenvalue weighted by Crippen LogP contribution is 2.35. The summed E-state index contributed by atoms with van der Waals surface area (Å²) in [5.74, 6) is 0.351. The van der Waals surface area contributed by atoms with Crippen LogP contribution in [0.4, 0.5) is 20.2 Å². The summed E-state index contributed by atoms with van der Waals surface area (Å²) >= 11 is 13.1.